The van der Waals surface area contributed by atoms with Crippen molar-refractivity contribution in [3.05, 3.63) is 41.6 Å². The molecule has 0 amide bonds. The number of hydrazine groups is 1. The van der Waals surface area contributed by atoms with E-state index in [9.17, 15) is 0 Å². The minimum Gasteiger partial charge on any atom is -0.270 e. The lowest BCUT2D eigenvalue weighted by molar-refractivity contribution is -0.509. The third kappa shape index (κ3) is 12.7. The Morgan fingerprint density at radius 2 is 1.76 bits per heavy atom. The summed E-state index contributed by atoms with van der Waals surface area (Å²) in [6.45, 7) is 23.0. The highest BCUT2D eigenvalue weighted by molar-refractivity contribution is 6.27. The number of rotatable bonds is 9. The van der Waals surface area contributed by atoms with Gasteiger partial charge in [0.15, 0.2) is 13.3 Å². The zero-order valence-electron chi connectivity index (χ0n) is 23.5. The summed E-state index contributed by atoms with van der Waals surface area (Å²) in [6.07, 6.45) is 12.3. The SMILES string of the molecule is C=NC(=C)CC.CCC.CCC(C)c1ccc(N(CC2CCCCC2)/[N+](C)=C\C(C)Cl)c(C)c1. The Hall–Kier alpha value is -1.61. The Bertz CT molecular complexity index is 733. The molecular weight excluding hydrogens is 438 g/mol. The van der Waals surface area contributed by atoms with E-state index in [1.807, 2.05) is 13.8 Å². The first kappa shape index (κ1) is 32.4. The van der Waals surface area contributed by atoms with Crippen LogP contribution in [0, 0.1) is 12.8 Å². The highest BCUT2D eigenvalue weighted by Crippen LogP contribution is 2.30. The Balaban J connectivity index is 0.00000103. The number of halogens is 1. The summed E-state index contributed by atoms with van der Waals surface area (Å²) in [5, 5.41) is 2.46. The number of aryl methyl sites for hydroxylation is 1. The molecule has 1 fully saturated rings. The fourth-order valence-corrected chi connectivity index (χ4v) is 4.17. The second kappa shape index (κ2) is 18.7. The zero-order chi connectivity index (χ0) is 26.1. The predicted molar refractivity (Wildman–Crippen MR) is 156 cm³/mol. The van der Waals surface area contributed by atoms with E-state index in [0.717, 1.165) is 24.6 Å². The van der Waals surface area contributed by atoms with Gasteiger partial charge in [-0.15, -0.1) is 16.3 Å². The van der Waals surface area contributed by atoms with Crippen LogP contribution in [0.2, 0.25) is 0 Å². The lowest BCUT2D eigenvalue weighted by atomic mass is 9.89. The maximum Gasteiger partial charge on any atom is 0.187 e. The van der Waals surface area contributed by atoms with Crippen molar-refractivity contribution in [2.24, 2.45) is 10.9 Å². The monoisotopic (exact) mass is 490 g/mol. The summed E-state index contributed by atoms with van der Waals surface area (Å²) in [5.74, 6) is 1.40. The molecular formula is C30H53ClN3+. The normalized spacial score (nSPS) is 15.7. The molecule has 0 radical (unpaired) electrons. The summed E-state index contributed by atoms with van der Waals surface area (Å²) in [6, 6.07) is 6.99. The van der Waals surface area contributed by atoms with Crippen molar-refractivity contribution in [3.8, 4) is 0 Å². The number of nitrogens with zero attached hydrogens (tertiary/aromatic N) is 3. The Morgan fingerprint density at radius 3 is 2.18 bits per heavy atom. The second-order valence-electron chi connectivity index (χ2n) is 9.63. The number of alkyl halides is 1. The molecule has 2 unspecified atom stereocenters. The van der Waals surface area contributed by atoms with Crippen LogP contribution in [0.1, 0.15) is 110 Å². The van der Waals surface area contributed by atoms with E-state index >= 15 is 0 Å². The largest absolute Gasteiger partial charge is 0.270 e. The topological polar surface area (TPSA) is 18.6 Å². The van der Waals surface area contributed by atoms with E-state index in [-0.39, 0.29) is 5.38 Å². The fourth-order valence-electron chi connectivity index (χ4n) is 4.01. The fraction of sp³-hybridized carbons (Fsp3) is 0.667. The van der Waals surface area contributed by atoms with Crippen LogP contribution in [0.3, 0.4) is 0 Å². The third-order valence-electron chi connectivity index (χ3n) is 6.27. The molecule has 0 N–H and O–H groups in total. The van der Waals surface area contributed by atoms with Crippen LogP contribution in [-0.2, 0) is 0 Å². The molecule has 0 spiro atoms. The molecule has 3 nitrogen and oxygen atoms in total. The molecule has 1 aliphatic carbocycles. The van der Waals surface area contributed by atoms with E-state index < -0.39 is 0 Å². The maximum atomic E-state index is 6.25. The molecule has 2 rings (SSSR count). The predicted octanol–water partition coefficient (Wildman–Crippen LogP) is 9.18. The molecule has 2 atom stereocenters. The lowest BCUT2D eigenvalue weighted by Crippen LogP contribution is -2.39. The van der Waals surface area contributed by atoms with Crippen molar-refractivity contribution >= 4 is 30.2 Å². The van der Waals surface area contributed by atoms with Gasteiger partial charge in [0.1, 0.15) is 11.1 Å². The summed E-state index contributed by atoms with van der Waals surface area (Å²) >= 11 is 6.25. The number of aliphatic imine (C=N–C) groups is 1. The smallest absolute Gasteiger partial charge is 0.187 e. The van der Waals surface area contributed by atoms with Crippen LogP contribution < -0.4 is 5.01 Å². The van der Waals surface area contributed by atoms with E-state index in [4.69, 9.17) is 11.6 Å². The second-order valence-corrected chi connectivity index (χ2v) is 10.3. The van der Waals surface area contributed by atoms with Gasteiger partial charge in [-0.2, -0.15) is 5.01 Å². The van der Waals surface area contributed by atoms with E-state index in [1.54, 1.807) is 0 Å². The van der Waals surface area contributed by atoms with Crippen LogP contribution >= 0.6 is 11.6 Å². The molecule has 1 aromatic rings. The summed E-state index contributed by atoms with van der Waals surface area (Å²) < 4.78 is 2.21. The zero-order valence-corrected chi connectivity index (χ0v) is 24.3. The Morgan fingerprint density at radius 1 is 1.18 bits per heavy atom. The number of allylic oxidation sites excluding steroid dienone is 1. The highest BCUT2D eigenvalue weighted by Gasteiger charge is 2.24. The molecule has 1 saturated carbocycles. The van der Waals surface area contributed by atoms with Gasteiger partial charge >= 0.3 is 0 Å². The number of hydrogen-bond acceptors (Lipinski definition) is 2. The van der Waals surface area contributed by atoms with Crippen LogP contribution in [0.15, 0.2) is 35.5 Å². The minimum absolute atomic E-state index is 0.0264. The maximum absolute atomic E-state index is 6.25. The molecule has 1 aromatic carbocycles. The first-order valence-corrected chi connectivity index (χ1v) is 13.8. The molecule has 194 valence electrons. The summed E-state index contributed by atoms with van der Waals surface area (Å²) in [4.78, 5) is 3.56. The van der Waals surface area contributed by atoms with Gasteiger partial charge < -0.3 is 0 Å². The van der Waals surface area contributed by atoms with Gasteiger partial charge in [0.25, 0.3) is 0 Å². The van der Waals surface area contributed by atoms with Crippen molar-refractivity contribution in [2.45, 2.75) is 111 Å². The van der Waals surface area contributed by atoms with Crippen LogP contribution in [0.5, 0.6) is 0 Å². The van der Waals surface area contributed by atoms with Crippen molar-refractivity contribution in [2.75, 3.05) is 18.6 Å². The number of hydrazone groups is 1. The molecule has 0 saturated heterocycles. The van der Waals surface area contributed by atoms with Gasteiger partial charge in [-0.25, -0.2) is 0 Å². The standard InChI is InChI=1S/C22H36ClN2.C5H9N.C3H8/c1-6-17(2)21-12-13-22(18(3)14-21)25(24(5)15-19(4)23)16-20-10-8-7-9-11-20;1-4-5(2)6-3;1-3-2/h12-15,17,19-20H,6-11,16H2,1-5H3;2-4H2,1H3;3H2,1-2H3/q+1;;/b24-15-;;. The minimum atomic E-state index is 0.0264. The quantitative estimate of drug-likeness (QED) is 0.146. The average molecular weight is 491 g/mol. The number of hydrogen-bond donors (Lipinski definition) is 0. The third-order valence-corrected chi connectivity index (χ3v) is 6.38. The molecule has 1 aliphatic rings. The molecule has 34 heavy (non-hydrogen) atoms. The van der Waals surface area contributed by atoms with Crippen LogP contribution in [0.4, 0.5) is 5.69 Å². The van der Waals surface area contributed by atoms with Gasteiger partial charge in [0.05, 0.1) is 6.54 Å². The van der Waals surface area contributed by atoms with Crippen molar-refractivity contribution in [1.82, 2.24) is 0 Å². The first-order chi connectivity index (χ1) is 16.1. The van der Waals surface area contributed by atoms with Crippen molar-refractivity contribution < 1.29 is 4.68 Å². The highest BCUT2D eigenvalue weighted by atomic mass is 35.5. The molecule has 0 heterocycles. The van der Waals surface area contributed by atoms with Crippen molar-refractivity contribution in [1.29, 1.82) is 0 Å². The van der Waals surface area contributed by atoms with E-state index in [0.29, 0.717) is 5.92 Å². The Kier molecular flexibility index (Phi) is 17.8. The summed E-state index contributed by atoms with van der Waals surface area (Å²) in [7, 11) is 2.13. The van der Waals surface area contributed by atoms with Crippen molar-refractivity contribution in [3.63, 3.8) is 0 Å². The van der Waals surface area contributed by atoms with Gasteiger partial charge in [0.2, 0.25) is 0 Å². The van der Waals surface area contributed by atoms with Gasteiger partial charge in [-0.05, 0) is 75.3 Å². The number of anilines is 1. The Labute approximate surface area is 217 Å². The van der Waals surface area contributed by atoms with E-state index in [1.165, 1.54) is 61.8 Å². The molecule has 0 aromatic heterocycles. The van der Waals surface area contributed by atoms with Crippen LogP contribution in [-0.4, -0.2) is 36.6 Å². The van der Waals surface area contributed by atoms with Gasteiger partial charge in [-0.1, -0.05) is 79.0 Å². The lowest BCUT2D eigenvalue weighted by Gasteiger charge is -2.28. The molecule has 0 aliphatic heterocycles. The van der Waals surface area contributed by atoms with Gasteiger partial charge in [0, 0.05) is 5.70 Å². The number of benzene rings is 1. The van der Waals surface area contributed by atoms with Gasteiger partial charge in [-0.3, -0.25) is 4.99 Å². The van der Waals surface area contributed by atoms with Crippen LogP contribution in [0.25, 0.3) is 0 Å². The first-order valence-electron chi connectivity index (χ1n) is 13.4. The molecule has 0 bridgehead atoms. The van der Waals surface area contributed by atoms with E-state index in [2.05, 4.69) is 94.1 Å². The summed E-state index contributed by atoms with van der Waals surface area (Å²) in [5.41, 5.74) is 4.97. The molecule has 4 heteroatoms. The average Bonchev–Trinajstić information content (AvgIpc) is 2.82.